The van der Waals surface area contributed by atoms with Crippen LogP contribution < -0.4 is 0 Å². The summed E-state index contributed by atoms with van der Waals surface area (Å²) in [6.45, 7) is 5.24. The maximum atomic E-state index is 11.8. The van der Waals surface area contributed by atoms with Gasteiger partial charge in [-0.2, -0.15) is 0 Å². The van der Waals surface area contributed by atoms with Gasteiger partial charge in [-0.1, -0.05) is 0 Å². The van der Waals surface area contributed by atoms with Crippen molar-refractivity contribution in [2.45, 2.75) is 26.9 Å². The van der Waals surface area contributed by atoms with E-state index in [4.69, 9.17) is 18.7 Å². The third kappa shape index (κ3) is 6.74. The highest BCUT2D eigenvalue weighted by atomic mass is 31.2. The Morgan fingerprint density at radius 3 is 2.25 bits per heavy atom. The molecule has 0 bridgehead atoms. The lowest BCUT2D eigenvalue weighted by molar-refractivity contribution is -0.131. The Bertz CT molecular complexity index is 278. The molecule has 16 heavy (non-hydrogen) atoms. The number of phosphoric ester groups is 1. The third-order valence-corrected chi connectivity index (χ3v) is 3.12. The number of rotatable bonds is 8. The molecular weight excluding hydrogens is 235 g/mol. The Balaban J connectivity index is 4.39. The van der Waals surface area contributed by atoms with Crippen LogP contribution >= 0.6 is 7.82 Å². The molecule has 0 aliphatic heterocycles. The predicted molar refractivity (Wildman–Crippen MR) is 58.2 cm³/mol. The fraction of sp³-hybridized carbons (Fsp3) is 0.667. The van der Waals surface area contributed by atoms with Gasteiger partial charge >= 0.3 is 13.8 Å². The molecule has 0 aromatic rings. The molecule has 1 N–H and O–H groups in total. The van der Waals surface area contributed by atoms with E-state index in [1.807, 2.05) is 0 Å². The second-order valence-corrected chi connectivity index (χ2v) is 4.41. The van der Waals surface area contributed by atoms with Gasteiger partial charge in [0.05, 0.1) is 19.3 Å². The van der Waals surface area contributed by atoms with Crippen LogP contribution in [0.4, 0.5) is 0 Å². The second-order valence-electron chi connectivity index (χ2n) is 2.79. The fourth-order valence-corrected chi connectivity index (χ4v) is 2.18. The minimum atomic E-state index is -3.58. The van der Waals surface area contributed by atoms with Crippen molar-refractivity contribution in [3.63, 3.8) is 0 Å². The number of carboxylic acids is 1. The standard InChI is InChI=1S/C9H17O6P/c1-4-13-16(12,14-5-2)15-8(3)6-7-9(10)11/h6-8H,4-5H2,1-3H3,(H,10,11)/b7-6+. The van der Waals surface area contributed by atoms with E-state index in [1.54, 1.807) is 20.8 Å². The van der Waals surface area contributed by atoms with Gasteiger partial charge in [-0.3, -0.25) is 13.6 Å². The highest BCUT2D eigenvalue weighted by molar-refractivity contribution is 7.48. The molecule has 1 atom stereocenters. The average Bonchev–Trinajstić information content (AvgIpc) is 2.15. The summed E-state index contributed by atoms with van der Waals surface area (Å²) in [4.78, 5) is 10.2. The van der Waals surface area contributed by atoms with Crippen LogP contribution in [0, 0.1) is 0 Å². The quantitative estimate of drug-likeness (QED) is 0.526. The first-order valence-electron chi connectivity index (χ1n) is 4.92. The van der Waals surface area contributed by atoms with E-state index in [9.17, 15) is 9.36 Å². The van der Waals surface area contributed by atoms with Crippen molar-refractivity contribution >= 4 is 13.8 Å². The first kappa shape index (κ1) is 15.3. The Kier molecular flexibility index (Phi) is 7.25. The van der Waals surface area contributed by atoms with Crippen LogP contribution in [0.15, 0.2) is 12.2 Å². The Labute approximate surface area is 94.8 Å². The SMILES string of the molecule is CCOP(=O)(OCC)OC(C)/C=C/C(=O)O. The van der Waals surface area contributed by atoms with Gasteiger partial charge < -0.3 is 5.11 Å². The summed E-state index contributed by atoms with van der Waals surface area (Å²) in [7, 11) is -3.58. The molecule has 0 aliphatic carbocycles. The molecule has 0 radical (unpaired) electrons. The van der Waals surface area contributed by atoms with E-state index in [0.717, 1.165) is 6.08 Å². The first-order valence-corrected chi connectivity index (χ1v) is 6.38. The lowest BCUT2D eigenvalue weighted by Gasteiger charge is -2.18. The van der Waals surface area contributed by atoms with E-state index in [1.165, 1.54) is 6.08 Å². The smallest absolute Gasteiger partial charge is 0.475 e. The lowest BCUT2D eigenvalue weighted by Crippen LogP contribution is -2.08. The van der Waals surface area contributed by atoms with Gasteiger partial charge in [0, 0.05) is 6.08 Å². The molecule has 0 aromatic heterocycles. The summed E-state index contributed by atoms with van der Waals surface area (Å²) < 4.78 is 26.6. The van der Waals surface area contributed by atoms with Gasteiger partial charge in [0.1, 0.15) is 0 Å². The second kappa shape index (κ2) is 7.57. The lowest BCUT2D eigenvalue weighted by atomic mass is 10.3. The minimum Gasteiger partial charge on any atom is -0.478 e. The van der Waals surface area contributed by atoms with E-state index >= 15 is 0 Å². The van der Waals surface area contributed by atoms with Gasteiger partial charge in [0.15, 0.2) is 0 Å². The number of carboxylic acid groups (broad SMARTS) is 1. The third-order valence-electron chi connectivity index (χ3n) is 1.38. The summed E-state index contributed by atoms with van der Waals surface area (Å²) in [6.07, 6.45) is 1.50. The molecule has 0 rings (SSSR count). The van der Waals surface area contributed by atoms with Crippen molar-refractivity contribution in [3.8, 4) is 0 Å². The van der Waals surface area contributed by atoms with Crippen molar-refractivity contribution in [1.29, 1.82) is 0 Å². The molecule has 0 aliphatic rings. The zero-order valence-electron chi connectivity index (χ0n) is 9.58. The molecule has 0 saturated carbocycles. The van der Waals surface area contributed by atoms with Crippen molar-refractivity contribution in [2.24, 2.45) is 0 Å². The number of carbonyl (C=O) groups is 1. The molecule has 0 spiro atoms. The van der Waals surface area contributed by atoms with Crippen LogP contribution in [0.2, 0.25) is 0 Å². The minimum absolute atomic E-state index is 0.187. The number of hydrogen-bond donors (Lipinski definition) is 1. The zero-order valence-corrected chi connectivity index (χ0v) is 10.5. The average molecular weight is 252 g/mol. The predicted octanol–water partition coefficient (Wildman–Crippen LogP) is 2.21. The van der Waals surface area contributed by atoms with Crippen LogP contribution in [0.25, 0.3) is 0 Å². The topological polar surface area (TPSA) is 82.1 Å². The molecule has 0 aromatic carbocycles. The maximum absolute atomic E-state index is 11.8. The monoisotopic (exact) mass is 252 g/mol. The molecule has 94 valence electrons. The molecule has 0 saturated heterocycles. The Morgan fingerprint density at radius 2 is 1.88 bits per heavy atom. The maximum Gasteiger partial charge on any atom is 0.475 e. The van der Waals surface area contributed by atoms with E-state index in [-0.39, 0.29) is 13.2 Å². The highest BCUT2D eigenvalue weighted by Gasteiger charge is 2.27. The summed E-state index contributed by atoms with van der Waals surface area (Å²) >= 11 is 0. The molecule has 0 heterocycles. The number of hydrogen-bond acceptors (Lipinski definition) is 5. The van der Waals surface area contributed by atoms with Crippen LogP contribution in [0.5, 0.6) is 0 Å². The highest BCUT2D eigenvalue weighted by Crippen LogP contribution is 2.50. The van der Waals surface area contributed by atoms with Crippen molar-refractivity contribution in [2.75, 3.05) is 13.2 Å². The van der Waals surface area contributed by atoms with Crippen LogP contribution in [-0.2, 0) is 22.9 Å². The normalized spacial score (nSPS) is 14.2. The molecule has 6 nitrogen and oxygen atoms in total. The Morgan fingerprint density at radius 1 is 1.38 bits per heavy atom. The van der Waals surface area contributed by atoms with Gasteiger partial charge in [-0.05, 0) is 26.8 Å². The summed E-state index contributed by atoms with van der Waals surface area (Å²) in [5, 5.41) is 8.39. The molecular formula is C9H17O6P. The summed E-state index contributed by atoms with van der Waals surface area (Å²) in [5.74, 6) is -1.10. The van der Waals surface area contributed by atoms with Crippen LogP contribution in [-0.4, -0.2) is 30.4 Å². The van der Waals surface area contributed by atoms with Crippen molar-refractivity contribution in [1.82, 2.24) is 0 Å². The first-order chi connectivity index (χ1) is 7.43. The molecule has 0 amide bonds. The zero-order chi connectivity index (χ0) is 12.6. The Hall–Kier alpha value is -0.680. The van der Waals surface area contributed by atoms with Crippen molar-refractivity contribution in [3.05, 3.63) is 12.2 Å². The largest absolute Gasteiger partial charge is 0.478 e. The van der Waals surface area contributed by atoms with Gasteiger partial charge in [0.25, 0.3) is 0 Å². The molecule has 0 fully saturated rings. The number of phosphoric acid groups is 1. The fourth-order valence-electron chi connectivity index (χ4n) is 0.871. The van der Waals surface area contributed by atoms with Crippen LogP contribution in [0.3, 0.4) is 0 Å². The summed E-state index contributed by atoms with van der Waals surface area (Å²) in [5.41, 5.74) is 0. The van der Waals surface area contributed by atoms with E-state index < -0.39 is 19.9 Å². The van der Waals surface area contributed by atoms with Gasteiger partial charge in [0.2, 0.25) is 0 Å². The summed E-state index contributed by atoms with van der Waals surface area (Å²) in [6, 6.07) is 0. The van der Waals surface area contributed by atoms with Crippen LogP contribution in [0.1, 0.15) is 20.8 Å². The van der Waals surface area contributed by atoms with E-state index in [2.05, 4.69) is 0 Å². The van der Waals surface area contributed by atoms with Crippen molar-refractivity contribution < 1.29 is 28.0 Å². The number of aliphatic carboxylic acids is 1. The molecule has 1 unspecified atom stereocenters. The van der Waals surface area contributed by atoms with Gasteiger partial charge in [-0.25, -0.2) is 9.36 Å². The van der Waals surface area contributed by atoms with Gasteiger partial charge in [-0.15, -0.1) is 0 Å². The molecule has 7 heteroatoms. The van der Waals surface area contributed by atoms with E-state index in [0.29, 0.717) is 0 Å².